The zero-order valence-electron chi connectivity index (χ0n) is 25.1. The molecule has 45 heavy (non-hydrogen) atoms. The molecule has 0 aliphatic heterocycles. The van der Waals surface area contributed by atoms with Gasteiger partial charge >= 0.3 is 0 Å². The number of H-pyrrole nitrogens is 1. The zero-order valence-corrected chi connectivity index (χ0v) is 25.9. The fourth-order valence-electron chi connectivity index (χ4n) is 5.71. The minimum Gasteiger partial charge on any atom is -0.493 e. The summed E-state index contributed by atoms with van der Waals surface area (Å²) in [6.45, 7) is 0.790. The Labute approximate surface area is 263 Å². The first kappa shape index (κ1) is 30.4. The molecule has 0 amide bonds. The van der Waals surface area contributed by atoms with E-state index in [2.05, 4.69) is 45.9 Å². The fourth-order valence-corrected chi connectivity index (χ4v) is 6.72. The number of anilines is 1. The topological polar surface area (TPSA) is 103 Å². The Morgan fingerprint density at radius 1 is 0.733 bits per heavy atom. The monoisotopic (exact) mass is 619 g/mol. The number of benzene rings is 5. The number of para-hydroxylation sites is 1. The lowest BCUT2D eigenvalue weighted by atomic mass is 10.0. The summed E-state index contributed by atoms with van der Waals surface area (Å²) in [7, 11) is -3.45. The minimum absolute atomic E-state index is 0.0494. The van der Waals surface area contributed by atoms with Crippen molar-refractivity contribution in [2.45, 2.75) is 23.9 Å². The number of aliphatic hydroxyl groups excluding tert-OH is 1. The average molecular weight is 620 g/mol. The number of sulfone groups is 1. The van der Waals surface area contributed by atoms with Crippen LogP contribution in [0.3, 0.4) is 0 Å². The van der Waals surface area contributed by atoms with Crippen LogP contribution in [0.25, 0.3) is 21.8 Å². The second-order valence-electron chi connectivity index (χ2n) is 11.3. The smallest absolute Gasteiger partial charge is 0.172 e. The third-order valence-corrected chi connectivity index (χ3v) is 9.26. The van der Waals surface area contributed by atoms with Crippen LogP contribution in [-0.2, 0) is 9.84 Å². The number of nitrogens with one attached hydrogen (secondary N) is 3. The molecule has 4 N–H and O–H groups in total. The Balaban J connectivity index is 1.11. The van der Waals surface area contributed by atoms with Crippen LogP contribution in [-0.4, -0.2) is 37.9 Å². The van der Waals surface area contributed by atoms with E-state index in [0.717, 1.165) is 22.3 Å². The molecule has 0 aliphatic carbocycles. The highest BCUT2D eigenvalue weighted by Crippen LogP contribution is 2.29. The molecule has 5 aromatic carbocycles. The van der Waals surface area contributed by atoms with Crippen LogP contribution < -0.4 is 15.4 Å². The van der Waals surface area contributed by atoms with E-state index in [1.165, 1.54) is 17.0 Å². The third-order valence-electron chi connectivity index (χ3n) is 8.01. The molecule has 0 saturated carbocycles. The molecule has 6 rings (SSSR count). The summed E-state index contributed by atoms with van der Waals surface area (Å²) in [5.74, 6) is 0.799. The van der Waals surface area contributed by atoms with Crippen molar-refractivity contribution in [1.29, 1.82) is 0 Å². The predicted octanol–water partition coefficient (Wildman–Crippen LogP) is 7.31. The van der Waals surface area contributed by atoms with Crippen molar-refractivity contribution >= 4 is 37.3 Å². The second-order valence-corrected chi connectivity index (χ2v) is 13.4. The van der Waals surface area contributed by atoms with Gasteiger partial charge in [-0.2, -0.15) is 0 Å². The van der Waals surface area contributed by atoms with Crippen molar-refractivity contribution in [3.05, 3.63) is 144 Å². The van der Waals surface area contributed by atoms with Crippen LogP contribution in [0, 0.1) is 0 Å². The van der Waals surface area contributed by atoms with Crippen LogP contribution in [0.15, 0.2) is 127 Å². The van der Waals surface area contributed by atoms with E-state index in [1.807, 2.05) is 78.9 Å². The van der Waals surface area contributed by atoms with E-state index in [1.54, 1.807) is 18.2 Å². The lowest BCUT2D eigenvalue weighted by Crippen LogP contribution is -2.28. The third kappa shape index (κ3) is 7.37. The zero-order chi connectivity index (χ0) is 31.2. The maximum atomic E-state index is 12.6. The lowest BCUT2D eigenvalue weighted by Gasteiger charge is -2.23. The number of aromatic nitrogens is 1. The van der Waals surface area contributed by atoms with E-state index >= 15 is 0 Å². The minimum atomic E-state index is -3.45. The van der Waals surface area contributed by atoms with Gasteiger partial charge in [0.05, 0.1) is 18.2 Å². The molecule has 1 heterocycles. The molecule has 0 aliphatic rings. The number of aliphatic hydroxyl groups is 1. The first-order valence-corrected chi connectivity index (χ1v) is 17.0. The van der Waals surface area contributed by atoms with Gasteiger partial charge in [0.1, 0.15) is 5.75 Å². The molecule has 3 atom stereocenters. The lowest BCUT2D eigenvalue weighted by molar-refractivity contribution is 0.166. The summed E-state index contributed by atoms with van der Waals surface area (Å²) >= 11 is 0. The summed E-state index contributed by atoms with van der Waals surface area (Å²) in [6, 6.07) is 40.8. The predicted molar refractivity (Wildman–Crippen MR) is 182 cm³/mol. The van der Waals surface area contributed by atoms with Gasteiger partial charge in [0.15, 0.2) is 15.2 Å². The molecule has 2 unspecified atom stereocenters. The quantitative estimate of drug-likeness (QED) is 0.108. The summed E-state index contributed by atoms with van der Waals surface area (Å²) in [5.41, 5.74) is 5.20. The molecule has 0 radical (unpaired) electrons. The van der Waals surface area contributed by atoms with Gasteiger partial charge in [0.2, 0.25) is 0 Å². The van der Waals surface area contributed by atoms with Gasteiger partial charge < -0.3 is 25.5 Å². The Kier molecular flexibility index (Phi) is 9.16. The molecule has 0 saturated heterocycles. The first-order chi connectivity index (χ1) is 21.8. The normalized spacial score (nSPS) is 13.8. The molecule has 8 heteroatoms. The number of rotatable bonds is 13. The van der Waals surface area contributed by atoms with Crippen LogP contribution in [0.2, 0.25) is 0 Å². The highest BCUT2D eigenvalue weighted by molar-refractivity contribution is 7.91. The van der Waals surface area contributed by atoms with Crippen LogP contribution in [0.4, 0.5) is 5.69 Å². The molecule has 6 aromatic rings. The SMILES string of the molecule is CS(=O)(=O)C(Nc1cccc([C@H](O)CNC(CCOc2ccc3c(c2)[nH]c2ccccc23)c2ccccc2)c1)c1ccccc1. The summed E-state index contributed by atoms with van der Waals surface area (Å²) in [6.07, 6.45) is 1.10. The molecule has 1 aromatic heterocycles. The number of hydrogen-bond acceptors (Lipinski definition) is 6. The average Bonchev–Trinajstić information content (AvgIpc) is 3.43. The molecule has 0 spiro atoms. The van der Waals surface area contributed by atoms with Gasteiger partial charge in [-0.3, -0.25) is 0 Å². The summed E-state index contributed by atoms with van der Waals surface area (Å²) in [4.78, 5) is 3.47. The molecule has 0 fully saturated rings. The van der Waals surface area contributed by atoms with E-state index in [9.17, 15) is 13.5 Å². The molecule has 7 nitrogen and oxygen atoms in total. The Hall–Kier alpha value is -4.63. The van der Waals surface area contributed by atoms with Gasteiger partial charge in [0, 0.05) is 53.3 Å². The van der Waals surface area contributed by atoms with Crippen LogP contribution in [0.5, 0.6) is 5.75 Å². The van der Waals surface area contributed by atoms with Gasteiger partial charge in [-0.15, -0.1) is 0 Å². The molecule has 230 valence electrons. The molecule has 0 bridgehead atoms. The largest absolute Gasteiger partial charge is 0.493 e. The van der Waals surface area contributed by atoms with E-state index in [-0.39, 0.29) is 6.04 Å². The standard InChI is InChI=1S/C37H37N3O4S/c1-45(42,43)37(27-13-6-3-7-14-27)39-29-16-10-15-28(23-29)36(41)25-38-33(26-11-4-2-5-12-26)21-22-44-30-19-20-32-31-17-8-9-18-34(31)40-35(32)24-30/h2-20,23-24,33,36-41H,21-22,25H2,1H3/t33?,36-,37?/m1/s1. The van der Waals surface area contributed by atoms with Crippen molar-refractivity contribution < 1.29 is 18.3 Å². The van der Waals surface area contributed by atoms with E-state index in [4.69, 9.17) is 4.74 Å². The Bertz CT molecular complexity index is 1980. The highest BCUT2D eigenvalue weighted by Gasteiger charge is 2.23. The number of hydrogen-bond donors (Lipinski definition) is 4. The first-order valence-electron chi connectivity index (χ1n) is 15.0. The number of ether oxygens (including phenoxy) is 1. The van der Waals surface area contributed by atoms with Crippen LogP contribution in [0.1, 0.15) is 40.6 Å². The second kappa shape index (κ2) is 13.6. The summed E-state index contributed by atoms with van der Waals surface area (Å²) in [5, 5.41) is 19.3. The van der Waals surface area contributed by atoms with Gasteiger partial charge in [-0.25, -0.2) is 8.42 Å². The van der Waals surface area contributed by atoms with E-state index in [0.29, 0.717) is 36.4 Å². The fraction of sp³-hybridized carbons (Fsp3) is 0.189. The van der Waals surface area contributed by atoms with Crippen molar-refractivity contribution in [1.82, 2.24) is 10.3 Å². The Morgan fingerprint density at radius 2 is 1.40 bits per heavy atom. The van der Waals surface area contributed by atoms with Gasteiger partial charge in [-0.1, -0.05) is 91.0 Å². The summed E-state index contributed by atoms with van der Waals surface area (Å²) < 4.78 is 31.4. The van der Waals surface area contributed by atoms with Gasteiger partial charge in [0.25, 0.3) is 0 Å². The maximum Gasteiger partial charge on any atom is 0.172 e. The van der Waals surface area contributed by atoms with Gasteiger partial charge in [-0.05, 0) is 47.0 Å². The van der Waals surface area contributed by atoms with Crippen molar-refractivity contribution in [3.63, 3.8) is 0 Å². The van der Waals surface area contributed by atoms with Crippen molar-refractivity contribution in [3.8, 4) is 5.75 Å². The Morgan fingerprint density at radius 3 is 2.16 bits per heavy atom. The van der Waals surface area contributed by atoms with Crippen molar-refractivity contribution in [2.75, 3.05) is 24.7 Å². The van der Waals surface area contributed by atoms with E-state index < -0.39 is 21.3 Å². The van der Waals surface area contributed by atoms with Crippen molar-refractivity contribution in [2.24, 2.45) is 0 Å². The van der Waals surface area contributed by atoms with Crippen LogP contribution >= 0.6 is 0 Å². The number of fused-ring (bicyclic) bond motifs is 3. The molecular formula is C37H37N3O4S. The molecular weight excluding hydrogens is 582 g/mol. The maximum absolute atomic E-state index is 12.6. The number of aromatic amines is 1. The highest BCUT2D eigenvalue weighted by atomic mass is 32.2.